The molecule has 0 aliphatic carbocycles. The fourth-order valence-electron chi connectivity index (χ4n) is 2.62. The molecule has 4 nitrogen and oxygen atoms in total. The minimum atomic E-state index is 0.00595. The number of aromatic amines is 1. The maximum atomic E-state index is 12.2. The second-order valence-electron chi connectivity index (χ2n) is 4.61. The zero-order chi connectivity index (χ0) is 13.5. The molecule has 0 atom stereocenters. The lowest BCUT2D eigenvalue weighted by Crippen LogP contribution is -1.98. The van der Waals surface area contributed by atoms with E-state index in [1.165, 1.54) is 0 Å². The number of aromatic nitrogens is 3. The van der Waals surface area contributed by atoms with Gasteiger partial charge in [-0.3, -0.25) is 9.36 Å². The first-order chi connectivity index (χ1) is 9.86. The smallest absolute Gasteiger partial charge is 0.190 e. The average Bonchev–Trinajstić information content (AvgIpc) is 2.84. The van der Waals surface area contributed by atoms with Crippen LogP contribution in [0.3, 0.4) is 0 Å². The molecule has 0 aliphatic heterocycles. The van der Waals surface area contributed by atoms with E-state index in [4.69, 9.17) is 0 Å². The van der Waals surface area contributed by atoms with Gasteiger partial charge in [0.1, 0.15) is 0 Å². The Kier molecular flexibility index (Phi) is 2.23. The summed E-state index contributed by atoms with van der Waals surface area (Å²) < 4.78 is 2.00. The molecule has 0 aliphatic rings. The molecule has 0 spiro atoms. The molecule has 4 heteroatoms. The molecule has 0 saturated carbocycles. The van der Waals surface area contributed by atoms with Crippen LogP contribution < -0.4 is 5.43 Å². The van der Waals surface area contributed by atoms with E-state index in [1.807, 2.05) is 41.0 Å². The monoisotopic (exact) mass is 261 g/mol. The lowest BCUT2D eigenvalue weighted by atomic mass is 10.2. The predicted molar refractivity (Wildman–Crippen MR) is 79.2 cm³/mol. The van der Waals surface area contributed by atoms with Crippen molar-refractivity contribution in [3.63, 3.8) is 0 Å². The van der Waals surface area contributed by atoms with Crippen molar-refractivity contribution in [1.82, 2.24) is 14.5 Å². The maximum absolute atomic E-state index is 12.2. The summed E-state index contributed by atoms with van der Waals surface area (Å²) in [4.78, 5) is 19.7. The highest BCUT2D eigenvalue weighted by Gasteiger charge is 2.14. The second-order valence-corrected chi connectivity index (χ2v) is 4.61. The predicted octanol–water partition coefficient (Wildman–Crippen LogP) is 2.87. The highest BCUT2D eigenvalue weighted by molar-refractivity contribution is 6.05. The van der Waals surface area contributed by atoms with Crippen LogP contribution in [0.5, 0.6) is 0 Å². The largest absolute Gasteiger partial charge is 0.357 e. The number of H-pyrrole nitrogens is 1. The van der Waals surface area contributed by atoms with Gasteiger partial charge in [0.15, 0.2) is 11.1 Å². The van der Waals surface area contributed by atoms with Crippen molar-refractivity contribution in [1.29, 1.82) is 0 Å². The van der Waals surface area contributed by atoms with Crippen molar-refractivity contribution in [3.8, 4) is 5.69 Å². The van der Waals surface area contributed by atoms with E-state index in [1.54, 1.807) is 24.5 Å². The van der Waals surface area contributed by atoms with Crippen LogP contribution in [0.2, 0.25) is 0 Å². The molecular formula is C16H11N3O. The molecular weight excluding hydrogens is 250 g/mol. The highest BCUT2D eigenvalue weighted by atomic mass is 16.1. The molecule has 20 heavy (non-hydrogen) atoms. The van der Waals surface area contributed by atoms with Crippen LogP contribution in [-0.2, 0) is 0 Å². The Hall–Kier alpha value is -2.88. The van der Waals surface area contributed by atoms with Crippen LogP contribution in [0.4, 0.5) is 0 Å². The number of hydrogen-bond acceptors (Lipinski definition) is 2. The topological polar surface area (TPSA) is 50.7 Å². The maximum Gasteiger partial charge on any atom is 0.190 e. The molecule has 0 bridgehead atoms. The summed E-state index contributed by atoms with van der Waals surface area (Å²) in [5.41, 5.74) is 3.40. The zero-order valence-electron chi connectivity index (χ0n) is 10.6. The normalized spacial score (nSPS) is 11.2. The number of rotatable bonds is 1. The van der Waals surface area contributed by atoms with Gasteiger partial charge >= 0.3 is 0 Å². The molecule has 0 fully saturated rings. The Morgan fingerprint density at radius 1 is 1.00 bits per heavy atom. The Morgan fingerprint density at radius 2 is 1.85 bits per heavy atom. The van der Waals surface area contributed by atoms with Gasteiger partial charge in [-0.25, -0.2) is 4.98 Å². The first kappa shape index (κ1) is 11.0. The van der Waals surface area contributed by atoms with Crippen LogP contribution in [0, 0.1) is 0 Å². The summed E-state index contributed by atoms with van der Waals surface area (Å²) in [5, 5.41) is 0.680. The second kappa shape index (κ2) is 4.06. The Morgan fingerprint density at radius 3 is 2.70 bits per heavy atom. The van der Waals surface area contributed by atoms with Crippen LogP contribution in [0.1, 0.15) is 0 Å². The number of fused-ring (bicyclic) bond motifs is 3. The van der Waals surface area contributed by atoms with Gasteiger partial charge in [0.05, 0.1) is 16.4 Å². The Labute approximate surface area is 114 Å². The van der Waals surface area contributed by atoms with Crippen LogP contribution in [-0.4, -0.2) is 14.5 Å². The van der Waals surface area contributed by atoms with Crippen molar-refractivity contribution < 1.29 is 0 Å². The molecule has 0 radical (unpaired) electrons. The summed E-state index contributed by atoms with van der Waals surface area (Å²) >= 11 is 0. The van der Waals surface area contributed by atoms with E-state index in [2.05, 4.69) is 9.97 Å². The van der Waals surface area contributed by atoms with Crippen LogP contribution in [0.25, 0.3) is 27.8 Å². The van der Waals surface area contributed by atoms with E-state index in [-0.39, 0.29) is 5.43 Å². The van der Waals surface area contributed by atoms with E-state index in [0.717, 1.165) is 22.4 Å². The Balaban J connectivity index is 2.29. The fraction of sp³-hybridized carbons (Fsp3) is 0. The molecule has 4 rings (SSSR count). The molecule has 0 saturated heterocycles. The van der Waals surface area contributed by atoms with Gasteiger partial charge in [0.2, 0.25) is 0 Å². The van der Waals surface area contributed by atoms with Gasteiger partial charge in [-0.2, -0.15) is 0 Å². The zero-order valence-corrected chi connectivity index (χ0v) is 10.6. The van der Waals surface area contributed by atoms with Crippen LogP contribution in [0.15, 0.2) is 65.7 Å². The Bertz CT molecular complexity index is 967. The lowest BCUT2D eigenvalue weighted by Gasteiger charge is -2.05. The van der Waals surface area contributed by atoms with Gasteiger partial charge in [-0.05, 0) is 24.3 Å². The quantitative estimate of drug-likeness (QED) is 0.572. The molecule has 0 unspecified atom stereocenters. The number of nitrogens with zero attached hydrogens (tertiary/aromatic N) is 2. The molecule has 4 aromatic rings. The highest BCUT2D eigenvalue weighted by Crippen LogP contribution is 2.26. The molecule has 1 N–H and O–H groups in total. The minimum absolute atomic E-state index is 0.00595. The molecule has 0 amide bonds. The summed E-state index contributed by atoms with van der Waals surface area (Å²) in [6.07, 6.45) is 3.44. The van der Waals surface area contributed by atoms with Crippen molar-refractivity contribution in [2.45, 2.75) is 0 Å². The van der Waals surface area contributed by atoms with E-state index < -0.39 is 0 Å². The first-order valence-electron chi connectivity index (χ1n) is 6.38. The van der Waals surface area contributed by atoms with E-state index >= 15 is 0 Å². The molecule has 96 valence electrons. The van der Waals surface area contributed by atoms with Gasteiger partial charge in [0, 0.05) is 18.1 Å². The third-order valence-corrected chi connectivity index (χ3v) is 3.44. The summed E-state index contributed by atoms with van der Waals surface area (Å²) in [5.74, 6) is 0. The SMILES string of the molecule is O=c1cccc2c1c1[nH]ccnc1n2-c1ccccc1. The van der Waals surface area contributed by atoms with Gasteiger partial charge < -0.3 is 4.98 Å². The third-order valence-electron chi connectivity index (χ3n) is 3.44. The van der Waals surface area contributed by atoms with Gasteiger partial charge in [-0.15, -0.1) is 0 Å². The average molecular weight is 261 g/mol. The van der Waals surface area contributed by atoms with Gasteiger partial charge in [-0.1, -0.05) is 24.3 Å². The number of nitrogens with one attached hydrogen (secondary N) is 1. The van der Waals surface area contributed by atoms with Crippen molar-refractivity contribution in [2.24, 2.45) is 0 Å². The summed E-state index contributed by atoms with van der Waals surface area (Å²) in [6.45, 7) is 0. The van der Waals surface area contributed by atoms with Crippen molar-refractivity contribution >= 4 is 22.1 Å². The van der Waals surface area contributed by atoms with Gasteiger partial charge in [0.25, 0.3) is 0 Å². The molecule has 2 aromatic heterocycles. The fourth-order valence-corrected chi connectivity index (χ4v) is 2.62. The standard InChI is InChI=1S/C16H11N3O/c20-13-8-4-7-12-14(13)15-16(18-10-9-17-15)19(12)11-5-2-1-3-6-11/h1-10,17H. The van der Waals surface area contributed by atoms with Crippen molar-refractivity contribution in [3.05, 3.63) is 71.1 Å². The number of hydrogen-bond donors (Lipinski definition) is 1. The summed E-state index contributed by atoms with van der Waals surface area (Å²) in [7, 11) is 0. The molecule has 2 aromatic carbocycles. The van der Waals surface area contributed by atoms with E-state index in [9.17, 15) is 4.79 Å². The van der Waals surface area contributed by atoms with Crippen LogP contribution >= 0.6 is 0 Å². The first-order valence-corrected chi connectivity index (χ1v) is 6.38. The lowest BCUT2D eigenvalue weighted by molar-refractivity contribution is 1.12. The summed E-state index contributed by atoms with van der Waals surface area (Å²) in [6, 6.07) is 15.2. The van der Waals surface area contributed by atoms with E-state index in [0.29, 0.717) is 5.39 Å². The number of para-hydroxylation sites is 1. The number of benzene rings is 2. The minimum Gasteiger partial charge on any atom is -0.357 e. The third kappa shape index (κ3) is 1.42. The molecule has 2 heterocycles. The van der Waals surface area contributed by atoms with Crippen molar-refractivity contribution in [2.75, 3.05) is 0 Å².